The molecule has 0 spiro atoms. The average molecular weight is 311 g/mol. The maximum absolute atomic E-state index is 12.4. The van der Waals surface area contributed by atoms with Crippen LogP contribution < -0.4 is 15.5 Å². The van der Waals surface area contributed by atoms with Crippen molar-refractivity contribution in [3.63, 3.8) is 0 Å². The molecule has 1 aromatic heterocycles. The lowest BCUT2D eigenvalue weighted by Crippen LogP contribution is -2.34. The van der Waals surface area contributed by atoms with Crippen molar-refractivity contribution in [3.8, 4) is 0 Å². The molecule has 0 atom stereocenters. The second-order valence-corrected chi connectivity index (χ2v) is 5.16. The highest BCUT2D eigenvalue weighted by Gasteiger charge is 2.23. The van der Waals surface area contributed by atoms with Crippen molar-refractivity contribution in [3.05, 3.63) is 47.7 Å². The molecule has 1 aliphatic heterocycles. The molecule has 2 amide bonds. The van der Waals surface area contributed by atoms with E-state index in [1.165, 1.54) is 12.6 Å². The highest BCUT2D eigenvalue weighted by Crippen LogP contribution is 2.27. The Hall–Kier alpha value is -2.96. The van der Waals surface area contributed by atoms with Crippen LogP contribution in [0.1, 0.15) is 16.1 Å². The number of benzene rings is 1. The highest BCUT2D eigenvalue weighted by molar-refractivity contribution is 5.98. The van der Waals surface area contributed by atoms with Crippen molar-refractivity contribution in [2.45, 2.75) is 6.42 Å². The lowest BCUT2D eigenvalue weighted by Gasteiger charge is -2.17. The Morgan fingerprint density at radius 1 is 1.17 bits per heavy atom. The predicted molar refractivity (Wildman–Crippen MR) is 86.4 cm³/mol. The number of fused-ring (bicyclic) bond motifs is 1. The zero-order valence-electron chi connectivity index (χ0n) is 12.7. The Labute approximate surface area is 133 Å². The molecule has 1 aliphatic rings. The minimum atomic E-state index is -0.297. The zero-order valence-corrected chi connectivity index (χ0v) is 12.7. The van der Waals surface area contributed by atoms with Gasteiger partial charge in [-0.05, 0) is 30.2 Å². The number of anilines is 2. The summed E-state index contributed by atoms with van der Waals surface area (Å²) in [5.41, 5.74) is 2.40. The predicted octanol–water partition coefficient (Wildman–Crippen LogP) is 0.837. The molecule has 2 aromatic rings. The molecular weight excluding hydrogens is 294 g/mol. The minimum Gasteiger partial charge on any atom is -0.359 e. The molecule has 0 fully saturated rings. The van der Waals surface area contributed by atoms with Gasteiger partial charge in [0.05, 0.1) is 6.54 Å². The standard InChI is InChI=1S/C16H17N5O2/c1-17-16(23)12-6-7-14(20-19-12)18-10-15(22)21-9-8-11-4-2-3-5-13(11)21/h2-7H,8-10H2,1H3,(H,17,23)(H,18,20). The van der Waals surface area contributed by atoms with Crippen LogP contribution in [0.2, 0.25) is 0 Å². The van der Waals surface area contributed by atoms with E-state index in [1.807, 2.05) is 24.3 Å². The number of nitrogens with one attached hydrogen (secondary N) is 2. The topological polar surface area (TPSA) is 87.2 Å². The monoisotopic (exact) mass is 311 g/mol. The van der Waals surface area contributed by atoms with Gasteiger partial charge in [-0.1, -0.05) is 18.2 Å². The summed E-state index contributed by atoms with van der Waals surface area (Å²) in [5.74, 6) is 0.138. The van der Waals surface area contributed by atoms with Crippen LogP contribution in [0.5, 0.6) is 0 Å². The minimum absolute atomic E-state index is 0.0212. The summed E-state index contributed by atoms with van der Waals surface area (Å²) < 4.78 is 0. The van der Waals surface area contributed by atoms with Gasteiger partial charge in [-0.3, -0.25) is 9.59 Å². The molecule has 0 unspecified atom stereocenters. The maximum atomic E-state index is 12.4. The molecule has 0 bridgehead atoms. The summed E-state index contributed by atoms with van der Waals surface area (Å²) in [4.78, 5) is 25.5. The number of rotatable bonds is 4. The largest absolute Gasteiger partial charge is 0.359 e. The van der Waals surface area contributed by atoms with E-state index in [4.69, 9.17) is 0 Å². The van der Waals surface area contributed by atoms with Gasteiger partial charge in [-0.25, -0.2) is 0 Å². The summed E-state index contributed by atoms with van der Waals surface area (Å²) in [5, 5.41) is 13.1. The number of carbonyl (C=O) groups is 2. The molecule has 7 heteroatoms. The number of hydrogen-bond donors (Lipinski definition) is 2. The lowest BCUT2D eigenvalue weighted by atomic mass is 10.2. The fourth-order valence-electron chi connectivity index (χ4n) is 2.53. The smallest absolute Gasteiger partial charge is 0.271 e. The number of aromatic nitrogens is 2. The van der Waals surface area contributed by atoms with Crippen LogP contribution >= 0.6 is 0 Å². The van der Waals surface area contributed by atoms with Crippen LogP contribution in [-0.2, 0) is 11.2 Å². The molecule has 0 saturated heterocycles. The summed E-state index contributed by atoms with van der Waals surface area (Å²) in [6, 6.07) is 11.1. The van der Waals surface area contributed by atoms with Gasteiger partial charge >= 0.3 is 0 Å². The number of amides is 2. The summed E-state index contributed by atoms with van der Waals surface area (Å²) >= 11 is 0. The summed E-state index contributed by atoms with van der Waals surface area (Å²) in [6.45, 7) is 0.823. The Morgan fingerprint density at radius 2 is 2.00 bits per heavy atom. The summed E-state index contributed by atoms with van der Waals surface area (Å²) in [6.07, 6.45) is 0.878. The first-order chi connectivity index (χ1) is 11.2. The van der Waals surface area contributed by atoms with Crippen molar-refractivity contribution >= 4 is 23.3 Å². The van der Waals surface area contributed by atoms with Crippen molar-refractivity contribution < 1.29 is 9.59 Å². The van der Waals surface area contributed by atoms with Gasteiger partial charge < -0.3 is 15.5 Å². The molecule has 0 radical (unpaired) electrons. The van der Waals surface area contributed by atoms with Crippen LogP contribution in [0.25, 0.3) is 0 Å². The SMILES string of the molecule is CNC(=O)c1ccc(NCC(=O)N2CCc3ccccc32)nn1. The van der Waals surface area contributed by atoms with Gasteiger partial charge in [0, 0.05) is 19.3 Å². The maximum Gasteiger partial charge on any atom is 0.271 e. The van der Waals surface area contributed by atoms with Gasteiger partial charge in [0.1, 0.15) is 5.82 Å². The van der Waals surface area contributed by atoms with Crippen molar-refractivity contribution in [1.29, 1.82) is 0 Å². The van der Waals surface area contributed by atoms with E-state index < -0.39 is 0 Å². The van der Waals surface area contributed by atoms with E-state index in [2.05, 4.69) is 20.8 Å². The Balaban J connectivity index is 1.61. The van der Waals surface area contributed by atoms with E-state index in [1.54, 1.807) is 17.0 Å². The first kappa shape index (κ1) is 15.0. The van der Waals surface area contributed by atoms with Crippen LogP contribution in [-0.4, -0.2) is 42.1 Å². The molecule has 23 heavy (non-hydrogen) atoms. The van der Waals surface area contributed by atoms with E-state index in [9.17, 15) is 9.59 Å². The van der Waals surface area contributed by atoms with Crippen LogP contribution in [0.4, 0.5) is 11.5 Å². The van der Waals surface area contributed by atoms with E-state index in [0.29, 0.717) is 12.4 Å². The van der Waals surface area contributed by atoms with Crippen molar-refractivity contribution in [2.75, 3.05) is 30.4 Å². The van der Waals surface area contributed by atoms with Crippen molar-refractivity contribution in [2.24, 2.45) is 0 Å². The Bertz CT molecular complexity index is 730. The number of carbonyl (C=O) groups excluding carboxylic acids is 2. The fraction of sp³-hybridized carbons (Fsp3) is 0.250. The average Bonchev–Trinajstić information content (AvgIpc) is 3.03. The number of para-hydroxylation sites is 1. The first-order valence-corrected chi connectivity index (χ1v) is 7.37. The molecular formula is C16H17N5O2. The van der Waals surface area contributed by atoms with Gasteiger partial charge in [-0.2, -0.15) is 0 Å². The van der Waals surface area contributed by atoms with E-state index in [0.717, 1.165) is 12.1 Å². The molecule has 2 heterocycles. The molecule has 2 N–H and O–H groups in total. The van der Waals surface area contributed by atoms with Crippen LogP contribution in [0.15, 0.2) is 36.4 Å². The van der Waals surface area contributed by atoms with E-state index in [-0.39, 0.29) is 24.1 Å². The second kappa shape index (κ2) is 6.43. The third-order valence-electron chi connectivity index (χ3n) is 3.73. The first-order valence-electron chi connectivity index (χ1n) is 7.37. The normalized spacial score (nSPS) is 12.7. The Kier molecular flexibility index (Phi) is 4.18. The molecule has 3 rings (SSSR count). The third-order valence-corrected chi connectivity index (χ3v) is 3.73. The van der Waals surface area contributed by atoms with Gasteiger partial charge in [0.25, 0.3) is 5.91 Å². The molecule has 118 valence electrons. The number of hydrogen-bond acceptors (Lipinski definition) is 5. The van der Waals surface area contributed by atoms with Crippen LogP contribution in [0, 0.1) is 0 Å². The van der Waals surface area contributed by atoms with Gasteiger partial charge in [-0.15, -0.1) is 10.2 Å². The number of nitrogens with zero attached hydrogens (tertiary/aromatic N) is 3. The third kappa shape index (κ3) is 3.13. The quantitative estimate of drug-likeness (QED) is 0.873. The van der Waals surface area contributed by atoms with Crippen molar-refractivity contribution in [1.82, 2.24) is 15.5 Å². The fourth-order valence-corrected chi connectivity index (χ4v) is 2.53. The molecule has 1 aromatic carbocycles. The van der Waals surface area contributed by atoms with Crippen LogP contribution in [0.3, 0.4) is 0 Å². The second-order valence-electron chi connectivity index (χ2n) is 5.16. The Morgan fingerprint density at radius 3 is 2.74 bits per heavy atom. The van der Waals surface area contributed by atoms with E-state index >= 15 is 0 Å². The van der Waals surface area contributed by atoms with Gasteiger partial charge in [0.15, 0.2) is 5.69 Å². The molecule has 7 nitrogen and oxygen atoms in total. The summed E-state index contributed by atoms with van der Waals surface area (Å²) in [7, 11) is 1.53. The highest BCUT2D eigenvalue weighted by atomic mass is 16.2. The zero-order chi connectivity index (χ0) is 16.2. The molecule has 0 aliphatic carbocycles. The lowest BCUT2D eigenvalue weighted by molar-refractivity contribution is -0.116. The van der Waals surface area contributed by atoms with Gasteiger partial charge in [0.2, 0.25) is 5.91 Å². The molecule has 0 saturated carbocycles.